The summed E-state index contributed by atoms with van der Waals surface area (Å²) in [6, 6.07) is 25.5. The third kappa shape index (κ3) is 7.85. The van der Waals surface area contributed by atoms with Crippen LogP contribution >= 0.6 is 0 Å². The fraction of sp³-hybridized carbons (Fsp3) is 0.185. The lowest BCUT2D eigenvalue weighted by Crippen LogP contribution is -2.32. The van der Waals surface area contributed by atoms with Crippen molar-refractivity contribution in [2.75, 3.05) is 0 Å². The second kappa shape index (κ2) is 11.0. The quantitative estimate of drug-likeness (QED) is 0.173. The first-order valence-electron chi connectivity index (χ1n) is 10.5. The first-order chi connectivity index (χ1) is 15.8. The monoisotopic (exact) mass is 444 g/mol. The SMILES string of the molecule is CC(C)(C)OC([O-])=N/C(=C\c1ccccc1)C(=O)Oc1ccccc1OCc1ccccc1. The van der Waals surface area contributed by atoms with E-state index in [0.717, 1.165) is 5.56 Å². The number of carbonyl (C=O) groups is 1. The number of nitrogens with zero attached hydrogens (tertiary/aromatic N) is 1. The topological polar surface area (TPSA) is 80.2 Å². The van der Waals surface area contributed by atoms with E-state index in [-0.39, 0.29) is 11.4 Å². The number of benzene rings is 3. The summed E-state index contributed by atoms with van der Waals surface area (Å²) in [4.78, 5) is 16.9. The molecule has 33 heavy (non-hydrogen) atoms. The van der Waals surface area contributed by atoms with E-state index in [4.69, 9.17) is 14.2 Å². The minimum absolute atomic E-state index is 0.187. The average Bonchev–Trinajstić information content (AvgIpc) is 2.78. The van der Waals surface area contributed by atoms with Gasteiger partial charge in [-0.1, -0.05) is 93.6 Å². The summed E-state index contributed by atoms with van der Waals surface area (Å²) in [7, 11) is 0. The summed E-state index contributed by atoms with van der Waals surface area (Å²) in [5, 5.41) is 12.3. The standard InChI is InChI=1S/C27H27NO5/c1-27(2,3)33-26(30)28-22(18-20-12-6-4-7-13-20)25(29)32-24-17-11-10-16-23(24)31-19-21-14-8-5-9-15-21/h4-18H,19H2,1-3H3,(H,28,30)/p-1/b22-18-. The van der Waals surface area contributed by atoms with Crippen molar-refractivity contribution >= 4 is 18.1 Å². The summed E-state index contributed by atoms with van der Waals surface area (Å²) in [5.41, 5.74) is 0.724. The highest BCUT2D eigenvalue weighted by Crippen LogP contribution is 2.28. The number of ether oxygens (including phenoxy) is 3. The van der Waals surface area contributed by atoms with Gasteiger partial charge in [0, 0.05) is 5.60 Å². The lowest BCUT2D eigenvalue weighted by atomic mass is 10.2. The molecule has 3 aromatic carbocycles. The van der Waals surface area contributed by atoms with Gasteiger partial charge in [0.15, 0.2) is 23.3 Å². The normalized spacial score (nSPS) is 12.2. The Hall–Kier alpha value is -4.06. The zero-order chi connectivity index (χ0) is 23.7. The molecule has 0 aliphatic rings. The van der Waals surface area contributed by atoms with Gasteiger partial charge in [0.05, 0.1) is 0 Å². The van der Waals surface area contributed by atoms with Crippen LogP contribution in [0.2, 0.25) is 0 Å². The number of rotatable bonds is 7. The predicted molar refractivity (Wildman–Crippen MR) is 126 cm³/mol. The van der Waals surface area contributed by atoms with Gasteiger partial charge in [0.1, 0.15) is 6.61 Å². The van der Waals surface area contributed by atoms with Gasteiger partial charge in [-0.05, 0) is 29.3 Å². The van der Waals surface area contributed by atoms with Crippen LogP contribution in [0.3, 0.4) is 0 Å². The van der Waals surface area contributed by atoms with E-state index >= 15 is 0 Å². The summed E-state index contributed by atoms with van der Waals surface area (Å²) in [6.45, 7) is 5.48. The van der Waals surface area contributed by atoms with Crippen LogP contribution in [0.4, 0.5) is 0 Å². The van der Waals surface area contributed by atoms with E-state index < -0.39 is 17.7 Å². The molecule has 0 aliphatic carbocycles. The number of hydrogen-bond acceptors (Lipinski definition) is 6. The molecule has 0 fully saturated rings. The first kappa shape index (κ1) is 23.6. The van der Waals surface area contributed by atoms with Crippen molar-refractivity contribution in [1.82, 2.24) is 0 Å². The lowest BCUT2D eigenvalue weighted by Gasteiger charge is -2.29. The Morgan fingerprint density at radius 3 is 2.09 bits per heavy atom. The van der Waals surface area contributed by atoms with Crippen molar-refractivity contribution in [3.63, 3.8) is 0 Å². The van der Waals surface area contributed by atoms with E-state index in [1.165, 1.54) is 6.08 Å². The minimum Gasteiger partial charge on any atom is -0.594 e. The van der Waals surface area contributed by atoms with Gasteiger partial charge in [0.2, 0.25) is 0 Å². The average molecular weight is 445 g/mol. The molecule has 0 bridgehead atoms. The van der Waals surface area contributed by atoms with Crippen LogP contribution in [0.25, 0.3) is 6.08 Å². The molecule has 3 aromatic rings. The number of para-hydroxylation sites is 2. The van der Waals surface area contributed by atoms with Crippen LogP contribution in [0.15, 0.2) is 95.6 Å². The second-order valence-corrected chi connectivity index (χ2v) is 8.14. The van der Waals surface area contributed by atoms with Gasteiger partial charge in [-0.3, -0.25) is 0 Å². The van der Waals surface area contributed by atoms with Gasteiger partial charge in [-0.15, -0.1) is 0 Å². The Bertz CT molecular complexity index is 1120. The Labute approximate surface area is 193 Å². The van der Waals surface area contributed by atoms with E-state index in [9.17, 15) is 9.90 Å². The molecule has 0 spiro atoms. The molecule has 0 amide bonds. The maximum Gasteiger partial charge on any atom is 0.362 e. The number of aliphatic imine (C=N–C) groups is 1. The molecule has 6 nitrogen and oxygen atoms in total. The van der Waals surface area contributed by atoms with Crippen molar-refractivity contribution in [3.05, 3.63) is 102 Å². The van der Waals surface area contributed by atoms with Gasteiger partial charge in [-0.2, -0.15) is 0 Å². The number of hydrogen-bond donors (Lipinski definition) is 0. The molecule has 0 atom stereocenters. The highest BCUT2D eigenvalue weighted by atomic mass is 16.6. The number of esters is 1. The van der Waals surface area contributed by atoms with Gasteiger partial charge < -0.3 is 19.3 Å². The third-order valence-corrected chi connectivity index (χ3v) is 4.21. The molecule has 0 saturated carbocycles. The van der Waals surface area contributed by atoms with Crippen LogP contribution in [0, 0.1) is 0 Å². The summed E-state index contributed by atoms with van der Waals surface area (Å²) >= 11 is 0. The van der Waals surface area contributed by atoms with E-state index in [1.54, 1.807) is 57.2 Å². The molecule has 0 heterocycles. The van der Waals surface area contributed by atoms with Gasteiger partial charge in [0.25, 0.3) is 0 Å². The molecule has 0 radical (unpaired) electrons. The largest absolute Gasteiger partial charge is 0.594 e. The van der Waals surface area contributed by atoms with E-state index in [0.29, 0.717) is 17.9 Å². The minimum atomic E-state index is -0.879. The molecule has 0 unspecified atom stereocenters. The summed E-state index contributed by atoms with van der Waals surface area (Å²) < 4.78 is 16.7. The molecular formula is C27H26NO5-. The van der Waals surface area contributed by atoms with Crippen LogP contribution in [-0.2, 0) is 16.1 Å². The van der Waals surface area contributed by atoms with Crippen LogP contribution in [-0.4, -0.2) is 17.7 Å². The van der Waals surface area contributed by atoms with Crippen molar-refractivity contribution in [3.8, 4) is 11.5 Å². The molecular weight excluding hydrogens is 418 g/mol. The maximum absolute atomic E-state index is 13.0. The van der Waals surface area contributed by atoms with Gasteiger partial charge >= 0.3 is 5.97 Å². The van der Waals surface area contributed by atoms with Crippen LogP contribution in [0.1, 0.15) is 31.9 Å². The number of carbonyl (C=O) groups excluding carboxylic acids is 1. The molecule has 0 aliphatic heterocycles. The first-order valence-corrected chi connectivity index (χ1v) is 10.5. The fourth-order valence-electron chi connectivity index (χ4n) is 2.77. The molecule has 170 valence electrons. The second-order valence-electron chi connectivity index (χ2n) is 8.14. The molecule has 0 saturated heterocycles. The predicted octanol–water partition coefficient (Wildman–Crippen LogP) is 4.74. The molecule has 0 aromatic heterocycles. The van der Waals surface area contributed by atoms with E-state index in [2.05, 4.69) is 4.99 Å². The third-order valence-electron chi connectivity index (χ3n) is 4.21. The zero-order valence-corrected chi connectivity index (χ0v) is 18.9. The molecule has 0 N–H and O–H groups in total. The maximum atomic E-state index is 13.0. The molecule has 3 rings (SSSR count). The Morgan fingerprint density at radius 1 is 0.879 bits per heavy atom. The molecule has 6 heteroatoms. The zero-order valence-electron chi connectivity index (χ0n) is 18.9. The smallest absolute Gasteiger partial charge is 0.362 e. The van der Waals surface area contributed by atoms with Crippen molar-refractivity contribution < 1.29 is 24.1 Å². The fourth-order valence-corrected chi connectivity index (χ4v) is 2.77. The lowest BCUT2D eigenvalue weighted by molar-refractivity contribution is -0.260. The van der Waals surface area contributed by atoms with E-state index in [1.807, 2.05) is 48.5 Å². The summed E-state index contributed by atoms with van der Waals surface area (Å²) in [6.07, 6.45) is 0.593. The Balaban J connectivity index is 1.84. The highest BCUT2D eigenvalue weighted by molar-refractivity contribution is 5.96. The highest BCUT2D eigenvalue weighted by Gasteiger charge is 2.16. The van der Waals surface area contributed by atoms with Crippen LogP contribution < -0.4 is 14.6 Å². The Morgan fingerprint density at radius 2 is 1.45 bits per heavy atom. The van der Waals surface area contributed by atoms with Crippen LogP contribution in [0.5, 0.6) is 11.5 Å². The Kier molecular flexibility index (Phi) is 7.86. The van der Waals surface area contributed by atoms with Crippen molar-refractivity contribution in [2.24, 2.45) is 4.99 Å². The van der Waals surface area contributed by atoms with Gasteiger partial charge in [-0.25, -0.2) is 9.79 Å². The summed E-state index contributed by atoms with van der Waals surface area (Å²) in [5.74, 6) is -0.191. The van der Waals surface area contributed by atoms with Crippen molar-refractivity contribution in [2.45, 2.75) is 33.0 Å². The van der Waals surface area contributed by atoms with Crippen molar-refractivity contribution in [1.29, 1.82) is 0 Å².